The molecule has 1 aliphatic rings. The van der Waals surface area contributed by atoms with Crippen molar-refractivity contribution in [2.45, 2.75) is 13.5 Å². The third kappa shape index (κ3) is 7.13. The summed E-state index contributed by atoms with van der Waals surface area (Å²) in [6.45, 7) is 9.56. The second-order valence-corrected chi connectivity index (χ2v) is 7.91. The van der Waals surface area contributed by atoms with E-state index in [1.165, 1.54) is 0 Å². The van der Waals surface area contributed by atoms with E-state index in [0.717, 1.165) is 50.8 Å². The molecule has 1 saturated heterocycles. The molecule has 0 aliphatic carbocycles. The Kier molecular flexibility index (Phi) is 8.73. The minimum absolute atomic E-state index is 0.0197. The van der Waals surface area contributed by atoms with Crippen LogP contribution in [-0.2, 0) is 6.54 Å². The van der Waals surface area contributed by atoms with E-state index in [4.69, 9.17) is 0 Å². The Morgan fingerprint density at radius 3 is 2.36 bits per heavy atom. The maximum absolute atomic E-state index is 12.0. The van der Waals surface area contributed by atoms with E-state index in [1.807, 2.05) is 24.3 Å². The SMILES string of the molecule is CN=C(NCc1ccc(C(=O)N(C)C)cc1)NCC(C)CN1CCN(C)CC1. The van der Waals surface area contributed by atoms with Crippen molar-refractivity contribution in [1.82, 2.24) is 25.3 Å². The van der Waals surface area contributed by atoms with Crippen LogP contribution in [0.5, 0.6) is 0 Å². The predicted octanol–water partition coefficient (Wildman–Crippen LogP) is 0.937. The fourth-order valence-corrected chi connectivity index (χ4v) is 3.24. The Morgan fingerprint density at radius 2 is 1.79 bits per heavy atom. The number of nitrogens with one attached hydrogen (secondary N) is 2. The van der Waals surface area contributed by atoms with E-state index >= 15 is 0 Å². The van der Waals surface area contributed by atoms with Crippen LogP contribution in [0.4, 0.5) is 0 Å². The fraction of sp³-hybridized carbons (Fsp3) is 0.619. The Morgan fingerprint density at radius 1 is 1.14 bits per heavy atom. The van der Waals surface area contributed by atoms with Crippen LogP contribution in [0.2, 0.25) is 0 Å². The topological polar surface area (TPSA) is 63.2 Å². The zero-order valence-electron chi connectivity index (χ0n) is 18.0. The van der Waals surface area contributed by atoms with Crippen LogP contribution in [0.1, 0.15) is 22.8 Å². The molecule has 1 aromatic rings. The molecule has 2 N–H and O–H groups in total. The minimum Gasteiger partial charge on any atom is -0.356 e. The number of nitrogens with zero attached hydrogens (tertiary/aromatic N) is 4. The Balaban J connectivity index is 1.73. The van der Waals surface area contributed by atoms with Gasteiger partial charge in [0.05, 0.1) is 0 Å². The molecule has 1 aliphatic heterocycles. The van der Waals surface area contributed by atoms with Gasteiger partial charge in [-0.25, -0.2) is 0 Å². The molecule has 7 heteroatoms. The summed E-state index contributed by atoms with van der Waals surface area (Å²) in [5.41, 5.74) is 1.82. The van der Waals surface area contributed by atoms with E-state index in [2.05, 4.69) is 39.4 Å². The first-order valence-electron chi connectivity index (χ1n) is 10.0. The van der Waals surface area contributed by atoms with E-state index in [9.17, 15) is 4.79 Å². The van der Waals surface area contributed by atoms with Gasteiger partial charge in [-0.2, -0.15) is 0 Å². The number of rotatable bonds is 7. The van der Waals surface area contributed by atoms with Crippen LogP contribution in [0, 0.1) is 5.92 Å². The van der Waals surface area contributed by atoms with E-state index in [0.29, 0.717) is 18.0 Å². The van der Waals surface area contributed by atoms with Gasteiger partial charge >= 0.3 is 0 Å². The van der Waals surface area contributed by atoms with Gasteiger partial charge < -0.3 is 25.3 Å². The molecule has 156 valence electrons. The first kappa shape index (κ1) is 22.2. The summed E-state index contributed by atoms with van der Waals surface area (Å²) in [5.74, 6) is 1.38. The zero-order valence-corrected chi connectivity index (χ0v) is 18.0. The number of hydrogen-bond acceptors (Lipinski definition) is 4. The van der Waals surface area contributed by atoms with Crippen molar-refractivity contribution in [2.24, 2.45) is 10.9 Å². The fourth-order valence-electron chi connectivity index (χ4n) is 3.24. The highest BCUT2D eigenvalue weighted by Gasteiger charge is 2.16. The maximum atomic E-state index is 12.0. The molecule has 0 aromatic heterocycles. The van der Waals surface area contributed by atoms with E-state index in [-0.39, 0.29) is 5.91 Å². The van der Waals surface area contributed by atoms with Crippen LogP contribution in [0.25, 0.3) is 0 Å². The smallest absolute Gasteiger partial charge is 0.253 e. The molecule has 7 nitrogen and oxygen atoms in total. The summed E-state index contributed by atoms with van der Waals surface area (Å²) in [6.07, 6.45) is 0. The van der Waals surface area contributed by atoms with Gasteiger partial charge in [-0.05, 0) is 30.7 Å². The number of benzene rings is 1. The largest absolute Gasteiger partial charge is 0.356 e. The number of aliphatic imine (C=N–C) groups is 1. The normalized spacial score (nSPS) is 17.2. The highest BCUT2D eigenvalue weighted by Crippen LogP contribution is 2.07. The Labute approximate surface area is 169 Å². The first-order valence-corrected chi connectivity index (χ1v) is 10.0. The van der Waals surface area contributed by atoms with Crippen molar-refractivity contribution in [2.75, 3.05) is 67.5 Å². The number of amides is 1. The van der Waals surface area contributed by atoms with Crippen molar-refractivity contribution in [1.29, 1.82) is 0 Å². The van der Waals surface area contributed by atoms with Crippen LogP contribution in [0.3, 0.4) is 0 Å². The number of carbonyl (C=O) groups excluding carboxylic acids is 1. The summed E-state index contributed by atoms with van der Waals surface area (Å²) >= 11 is 0. The van der Waals surface area contributed by atoms with Gasteiger partial charge in [-0.15, -0.1) is 0 Å². The number of likely N-dealkylation sites (N-methyl/N-ethyl adjacent to an activating group) is 1. The number of hydrogen-bond donors (Lipinski definition) is 2. The Bertz CT molecular complexity index is 635. The molecule has 0 saturated carbocycles. The van der Waals surface area contributed by atoms with Gasteiger partial charge in [-0.1, -0.05) is 19.1 Å². The highest BCUT2D eigenvalue weighted by atomic mass is 16.2. The van der Waals surface area contributed by atoms with Gasteiger partial charge in [0.15, 0.2) is 5.96 Å². The van der Waals surface area contributed by atoms with Crippen molar-refractivity contribution < 1.29 is 4.79 Å². The van der Waals surface area contributed by atoms with Gasteiger partial charge in [0, 0.05) is 72.5 Å². The van der Waals surface area contributed by atoms with Crippen molar-refractivity contribution in [3.05, 3.63) is 35.4 Å². The molecule has 0 spiro atoms. The summed E-state index contributed by atoms with van der Waals surface area (Å²) in [4.78, 5) is 22.8. The van der Waals surface area contributed by atoms with Crippen molar-refractivity contribution in [3.8, 4) is 0 Å². The van der Waals surface area contributed by atoms with Crippen LogP contribution in [0.15, 0.2) is 29.3 Å². The molecular formula is C21H36N6O. The van der Waals surface area contributed by atoms with Gasteiger partial charge in [0.25, 0.3) is 5.91 Å². The lowest BCUT2D eigenvalue weighted by Crippen LogP contribution is -2.47. The molecule has 1 heterocycles. The second kappa shape index (κ2) is 11.0. The summed E-state index contributed by atoms with van der Waals surface area (Å²) in [7, 11) is 7.50. The van der Waals surface area contributed by atoms with Gasteiger partial charge in [0.2, 0.25) is 0 Å². The molecule has 0 bridgehead atoms. The molecule has 1 amide bonds. The van der Waals surface area contributed by atoms with E-state index < -0.39 is 0 Å². The molecule has 28 heavy (non-hydrogen) atoms. The standard InChI is InChI=1S/C21H36N6O/c1-17(16-27-12-10-26(5)11-13-27)14-23-21(22-2)24-15-18-6-8-19(9-7-18)20(28)25(3)4/h6-9,17H,10-16H2,1-5H3,(H2,22,23,24). The summed E-state index contributed by atoms with van der Waals surface area (Å²) in [6, 6.07) is 7.70. The molecule has 1 fully saturated rings. The van der Waals surface area contributed by atoms with Crippen molar-refractivity contribution in [3.63, 3.8) is 0 Å². The minimum atomic E-state index is 0.0197. The van der Waals surface area contributed by atoms with E-state index in [1.54, 1.807) is 26.0 Å². The third-order valence-corrected chi connectivity index (χ3v) is 5.07. The lowest BCUT2D eigenvalue weighted by Gasteiger charge is -2.34. The Hall–Kier alpha value is -2.12. The highest BCUT2D eigenvalue weighted by molar-refractivity contribution is 5.93. The van der Waals surface area contributed by atoms with Gasteiger partial charge in [0.1, 0.15) is 0 Å². The summed E-state index contributed by atoms with van der Waals surface area (Å²) in [5, 5.41) is 6.77. The third-order valence-electron chi connectivity index (χ3n) is 5.07. The van der Waals surface area contributed by atoms with Crippen molar-refractivity contribution >= 4 is 11.9 Å². The number of carbonyl (C=O) groups is 1. The monoisotopic (exact) mass is 388 g/mol. The van der Waals surface area contributed by atoms with Crippen LogP contribution in [-0.4, -0.2) is 94.0 Å². The zero-order chi connectivity index (χ0) is 20.5. The maximum Gasteiger partial charge on any atom is 0.253 e. The molecule has 0 radical (unpaired) electrons. The summed E-state index contributed by atoms with van der Waals surface area (Å²) < 4.78 is 0. The predicted molar refractivity (Wildman–Crippen MR) is 116 cm³/mol. The molecule has 2 rings (SSSR count). The average molecular weight is 389 g/mol. The average Bonchev–Trinajstić information content (AvgIpc) is 2.69. The lowest BCUT2D eigenvalue weighted by atomic mass is 10.1. The second-order valence-electron chi connectivity index (χ2n) is 7.91. The lowest BCUT2D eigenvalue weighted by molar-refractivity contribution is 0.0827. The quantitative estimate of drug-likeness (QED) is 0.538. The molecule has 1 aromatic carbocycles. The molecule has 1 unspecified atom stereocenters. The molecule has 1 atom stereocenters. The molecular weight excluding hydrogens is 352 g/mol. The first-order chi connectivity index (χ1) is 13.4. The number of guanidine groups is 1. The van der Waals surface area contributed by atoms with Gasteiger partial charge in [-0.3, -0.25) is 9.79 Å². The van der Waals surface area contributed by atoms with Crippen LogP contribution < -0.4 is 10.6 Å². The number of piperazine rings is 1. The van der Waals surface area contributed by atoms with Crippen LogP contribution >= 0.6 is 0 Å².